The number of carbonyl (C=O) groups is 2. The van der Waals surface area contributed by atoms with Crippen molar-refractivity contribution in [3.05, 3.63) is 34.8 Å². The van der Waals surface area contributed by atoms with E-state index in [2.05, 4.69) is 15.5 Å². The Morgan fingerprint density at radius 1 is 1.20 bits per heavy atom. The van der Waals surface area contributed by atoms with Crippen molar-refractivity contribution >= 4 is 28.3 Å². The van der Waals surface area contributed by atoms with Gasteiger partial charge in [0, 0.05) is 12.0 Å². The van der Waals surface area contributed by atoms with Crippen LogP contribution in [0.5, 0.6) is 5.75 Å². The van der Waals surface area contributed by atoms with Crippen molar-refractivity contribution in [3.63, 3.8) is 0 Å². The SMILES string of the molecule is COc1ccccc1C(=O)N1C(C(=O)Nc2nnc(C(C)C)s2)CC2CCCCC21. The maximum absolute atomic E-state index is 13.6. The molecule has 1 aromatic carbocycles. The van der Waals surface area contributed by atoms with Crippen LogP contribution in [0, 0.1) is 5.92 Å². The van der Waals surface area contributed by atoms with Crippen molar-refractivity contribution in [2.45, 2.75) is 64.0 Å². The van der Waals surface area contributed by atoms with Crippen molar-refractivity contribution in [2.75, 3.05) is 12.4 Å². The molecule has 1 saturated carbocycles. The molecule has 0 radical (unpaired) electrons. The number of aromatic nitrogens is 2. The maximum Gasteiger partial charge on any atom is 0.258 e. The number of anilines is 1. The number of fused-ring (bicyclic) bond motifs is 1. The molecule has 0 bridgehead atoms. The molecule has 3 unspecified atom stereocenters. The Labute approximate surface area is 180 Å². The summed E-state index contributed by atoms with van der Waals surface area (Å²) in [6.07, 6.45) is 4.92. The number of nitrogens with zero attached hydrogens (tertiary/aromatic N) is 3. The van der Waals surface area contributed by atoms with Gasteiger partial charge in [-0.05, 0) is 37.3 Å². The maximum atomic E-state index is 13.6. The third-order valence-electron chi connectivity index (χ3n) is 6.13. The average Bonchev–Trinajstić information content (AvgIpc) is 3.38. The molecule has 1 aromatic heterocycles. The van der Waals surface area contributed by atoms with Gasteiger partial charge in [0.1, 0.15) is 16.8 Å². The fourth-order valence-corrected chi connectivity index (χ4v) is 5.40. The molecule has 1 saturated heterocycles. The first-order chi connectivity index (χ1) is 14.5. The van der Waals surface area contributed by atoms with Crippen LogP contribution in [-0.2, 0) is 4.79 Å². The van der Waals surface area contributed by atoms with Gasteiger partial charge in [0.25, 0.3) is 5.91 Å². The molecule has 2 aliphatic rings. The van der Waals surface area contributed by atoms with Crippen LogP contribution in [-0.4, -0.2) is 46.1 Å². The lowest BCUT2D eigenvalue weighted by Gasteiger charge is -2.33. The van der Waals surface area contributed by atoms with Gasteiger partial charge in [-0.3, -0.25) is 14.9 Å². The van der Waals surface area contributed by atoms with Crippen molar-refractivity contribution in [1.29, 1.82) is 0 Å². The smallest absolute Gasteiger partial charge is 0.258 e. The molecular weight excluding hydrogens is 400 g/mol. The molecule has 160 valence electrons. The van der Waals surface area contributed by atoms with Crippen molar-refractivity contribution in [2.24, 2.45) is 5.92 Å². The van der Waals surface area contributed by atoms with Gasteiger partial charge < -0.3 is 9.64 Å². The van der Waals surface area contributed by atoms with E-state index in [1.54, 1.807) is 24.1 Å². The second-order valence-corrected chi connectivity index (χ2v) is 9.37. The molecule has 7 nitrogen and oxygen atoms in total. The highest BCUT2D eigenvalue weighted by molar-refractivity contribution is 7.15. The molecule has 2 amide bonds. The molecule has 2 fully saturated rings. The Bertz CT molecular complexity index is 929. The lowest BCUT2D eigenvalue weighted by molar-refractivity contribution is -0.120. The minimum atomic E-state index is -0.512. The Hall–Kier alpha value is -2.48. The van der Waals surface area contributed by atoms with Crippen molar-refractivity contribution < 1.29 is 14.3 Å². The molecule has 0 spiro atoms. The Kier molecular flexibility index (Phi) is 6.04. The zero-order valence-electron chi connectivity index (χ0n) is 17.6. The van der Waals surface area contributed by atoms with E-state index < -0.39 is 6.04 Å². The van der Waals surface area contributed by atoms with Gasteiger partial charge in [0.15, 0.2) is 0 Å². The number of nitrogens with one attached hydrogen (secondary N) is 1. The zero-order chi connectivity index (χ0) is 21.3. The van der Waals surface area contributed by atoms with Gasteiger partial charge in [-0.1, -0.05) is 50.2 Å². The van der Waals surface area contributed by atoms with Crippen LogP contribution in [0.2, 0.25) is 0 Å². The minimum Gasteiger partial charge on any atom is -0.496 e. The molecule has 2 aromatic rings. The first kappa shape index (κ1) is 20.8. The zero-order valence-corrected chi connectivity index (χ0v) is 18.4. The normalized spacial score (nSPS) is 23.3. The van der Waals surface area contributed by atoms with Crippen LogP contribution in [0.25, 0.3) is 0 Å². The highest BCUT2D eigenvalue weighted by Crippen LogP contribution is 2.41. The van der Waals surface area contributed by atoms with Gasteiger partial charge in [-0.2, -0.15) is 0 Å². The summed E-state index contributed by atoms with van der Waals surface area (Å²) in [5.74, 6) is 0.827. The molecule has 8 heteroatoms. The van der Waals surface area contributed by atoms with E-state index in [-0.39, 0.29) is 23.8 Å². The Balaban J connectivity index is 1.61. The van der Waals surface area contributed by atoms with Gasteiger partial charge in [0.2, 0.25) is 11.0 Å². The van der Waals surface area contributed by atoms with E-state index in [4.69, 9.17) is 4.74 Å². The van der Waals surface area contributed by atoms with Crippen LogP contribution in [0.15, 0.2) is 24.3 Å². The van der Waals surface area contributed by atoms with E-state index >= 15 is 0 Å². The number of hydrogen-bond donors (Lipinski definition) is 1. The predicted molar refractivity (Wildman–Crippen MR) is 116 cm³/mol. The predicted octanol–water partition coefficient (Wildman–Crippen LogP) is 4.08. The van der Waals surface area contributed by atoms with E-state index in [9.17, 15) is 9.59 Å². The summed E-state index contributed by atoms with van der Waals surface area (Å²) in [4.78, 5) is 28.6. The molecule has 30 heavy (non-hydrogen) atoms. The largest absolute Gasteiger partial charge is 0.496 e. The van der Waals surface area contributed by atoms with E-state index in [0.29, 0.717) is 28.8 Å². The number of para-hydroxylation sites is 1. The summed E-state index contributed by atoms with van der Waals surface area (Å²) in [6.45, 7) is 4.09. The summed E-state index contributed by atoms with van der Waals surface area (Å²) < 4.78 is 5.41. The lowest BCUT2D eigenvalue weighted by atomic mass is 9.84. The molecular formula is C22H28N4O3S. The summed E-state index contributed by atoms with van der Waals surface area (Å²) in [5, 5.41) is 12.5. The number of benzene rings is 1. The molecule has 1 aliphatic carbocycles. The quantitative estimate of drug-likeness (QED) is 0.776. The molecule has 3 atom stereocenters. The van der Waals surface area contributed by atoms with Gasteiger partial charge in [-0.25, -0.2) is 0 Å². The average molecular weight is 429 g/mol. The topological polar surface area (TPSA) is 84.4 Å². The van der Waals surface area contributed by atoms with Gasteiger partial charge >= 0.3 is 0 Å². The number of likely N-dealkylation sites (tertiary alicyclic amines) is 1. The highest BCUT2D eigenvalue weighted by atomic mass is 32.1. The first-order valence-corrected chi connectivity index (χ1v) is 11.4. The van der Waals surface area contributed by atoms with Crippen LogP contribution in [0.4, 0.5) is 5.13 Å². The standard InChI is InChI=1S/C22H28N4O3S/c1-13(2)20-24-25-22(30-20)23-19(27)17-12-14-8-4-6-10-16(14)26(17)21(28)15-9-5-7-11-18(15)29-3/h5,7,9,11,13-14,16-17H,4,6,8,10,12H2,1-3H3,(H,23,25,27). The first-order valence-electron chi connectivity index (χ1n) is 10.6. The van der Waals surface area contributed by atoms with Gasteiger partial charge in [-0.15, -0.1) is 10.2 Å². The number of carbonyl (C=O) groups excluding carboxylic acids is 2. The van der Waals surface area contributed by atoms with E-state index in [1.807, 2.05) is 26.0 Å². The third-order valence-corrected chi connectivity index (χ3v) is 7.27. The lowest BCUT2D eigenvalue weighted by Crippen LogP contribution is -2.48. The van der Waals surface area contributed by atoms with Crippen LogP contribution < -0.4 is 10.1 Å². The second-order valence-electron chi connectivity index (χ2n) is 8.37. The van der Waals surface area contributed by atoms with E-state index in [1.165, 1.54) is 11.3 Å². The number of rotatable bonds is 5. The molecule has 2 heterocycles. The number of hydrogen-bond acceptors (Lipinski definition) is 6. The van der Waals surface area contributed by atoms with Crippen molar-refractivity contribution in [3.8, 4) is 5.75 Å². The molecule has 1 aliphatic heterocycles. The fourth-order valence-electron chi connectivity index (χ4n) is 4.65. The Morgan fingerprint density at radius 3 is 2.70 bits per heavy atom. The summed E-state index contributed by atoms with van der Waals surface area (Å²) in [7, 11) is 1.56. The summed E-state index contributed by atoms with van der Waals surface area (Å²) >= 11 is 1.39. The summed E-state index contributed by atoms with van der Waals surface area (Å²) in [5.41, 5.74) is 0.502. The highest BCUT2D eigenvalue weighted by Gasteiger charge is 2.48. The fraction of sp³-hybridized carbons (Fsp3) is 0.545. The van der Waals surface area contributed by atoms with Crippen LogP contribution in [0.1, 0.15) is 67.2 Å². The minimum absolute atomic E-state index is 0.0903. The summed E-state index contributed by atoms with van der Waals surface area (Å²) in [6, 6.07) is 6.80. The monoisotopic (exact) mass is 428 g/mol. The number of methoxy groups -OCH3 is 1. The van der Waals surface area contributed by atoms with Gasteiger partial charge in [0.05, 0.1) is 12.7 Å². The number of amides is 2. The Morgan fingerprint density at radius 2 is 1.97 bits per heavy atom. The molecule has 1 N–H and O–H groups in total. The van der Waals surface area contributed by atoms with Crippen LogP contribution in [0.3, 0.4) is 0 Å². The van der Waals surface area contributed by atoms with Crippen LogP contribution >= 0.6 is 11.3 Å². The third kappa shape index (κ3) is 3.93. The van der Waals surface area contributed by atoms with E-state index in [0.717, 1.165) is 30.7 Å². The second kappa shape index (κ2) is 8.71. The molecule has 4 rings (SSSR count). The number of ether oxygens (including phenoxy) is 1. The van der Waals surface area contributed by atoms with Crippen molar-refractivity contribution in [1.82, 2.24) is 15.1 Å².